The Morgan fingerprint density at radius 2 is 1.77 bits per heavy atom. The Morgan fingerprint density at radius 1 is 1.00 bits per heavy atom. The second-order valence-corrected chi connectivity index (χ2v) is 6.67. The molecule has 2 aromatic carbocycles. The highest BCUT2D eigenvalue weighted by atomic mass is 16.5. The summed E-state index contributed by atoms with van der Waals surface area (Å²) < 4.78 is 7.91. The molecule has 1 aliphatic heterocycles. The summed E-state index contributed by atoms with van der Waals surface area (Å²) >= 11 is 0. The van der Waals surface area contributed by atoms with Gasteiger partial charge in [-0.2, -0.15) is 0 Å². The maximum Gasteiger partial charge on any atom is 0.223 e. The molecular formula is C22H22N2O2. The molecule has 0 aliphatic carbocycles. The van der Waals surface area contributed by atoms with Gasteiger partial charge in [-0.25, -0.2) is 0 Å². The topological polar surface area (TPSA) is 34.5 Å². The molecule has 0 spiro atoms. The van der Waals surface area contributed by atoms with Crippen LogP contribution in [0.3, 0.4) is 0 Å². The standard InChI is InChI=1S/C22H22N2O2/c1-17-7-5-6-10-20(17)24-12-11-23-15-22(21(25)13-19(23)14-24)26-16-18-8-3-2-4-9-18/h2-10,13,15H,11-12,14,16H2,1H3. The lowest BCUT2D eigenvalue weighted by molar-refractivity contribution is 0.299. The smallest absolute Gasteiger partial charge is 0.223 e. The number of aryl methyl sites for hydroxylation is 1. The predicted molar refractivity (Wildman–Crippen MR) is 104 cm³/mol. The molecule has 1 aromatic heterocycles. The monoisotopic (exact) mass is 346 g/mol. The van der Waals surface area contributed by atoms with Crippen LogP contribution < -0.4 is 15.1 Å². The molecule has 1 aliphatic rings. The third kappa shape index (κ3) is 3.36. The first kappa shape index (κ1) is 16.5. The van der Waals surface area contributed by atoms with Gasteiger partial charge in [-0.3, -0.25) is 4.79 Å². The normalized spacial score (nSPS) is 13.3. The van der Waals surface area contributed by atoms with Crippen LogP contribution in [0.2, 0.25) is 0 Å². The SMILES string of the molecule is Cc1ccccc1N1CCn2cc(OCc3ccccc3)c(=O)cc2C1. The Balaban J connectivity index is 1.53. The van der Waals surface area contributed by atoms with E-state index in [0.29, 0.717) is 12.4 Å². The molecule has 26 heavy (non-hydrogen) atoms. The van der Waals surface area contributed by atoms with Gasteiger partial charge in [0.15, 0.2) is 5.75 Å². The molecule has 0 saturated heterocycles. The maximum absolute atomic E-state index is 12.5. The van der Waals surface area contributed by atoms with Gasteiger partial charge in [0, 0.05) is 30.5 Å². The average molecular weight is 346 g/mol. The molecule has 0 bridgehead atoms. The third-order valence-electron chi connectivity index (χ3n) is 4.84. The van der Waals surface area contributed by atoms with Crippen LogP contribution in [0.15, 0.2) is 71.7 Å². The number of hydrogen-bond donors (Lipinski definition) is 0. The van der Waals surface area contributed by atoms with Crippen LogP contribution in [0.4, 0.5) is 5.69 Å². The average Bonchev–Trinajstić information content (AvgIpc) is 2.67. The van der Waals surface area contributed by atoms with E-state index in [2.05, 4.69) is 40.7 Å². The summed E-state index contributed by atoms with van der Waals surface area (Å²) in [6, 6.07) is 20.0. The van der Waals surface area contributed by atoms with Gasteiger partial charge in [-0.05, 0) is 24.1 Å². The maximum atomic E-state index is 12.5. The number of nitrogens with zero attached hydrogens (tertiary/aromatic N) is 2. The number of hydrogen-bond acceptors (Lipinski definition) is 3. The number of para-hydroxylation sites is 1. The Kier molecular flexibility index (Phi) is 4.48. The van der Waals surface area contributed by atoms with E-state index in [1.165, 1.54) is 11.3 Å². The molecule has 4 heteroatoms. The Labute approximate surface area is 153 Å². The van der Waals surface area contributed by atoms with E-state index in [1.54, 1.807) is 6.07 Å². The summed E-state index contributed by atoms with van der Waals surface area (Å²) in [7, 11) is 0. The first-order valence-corrected chi connectivity index (χ1v) is 8.91. The van der Waals surface area contributed by atoms with Gasteiger partial charge in [0.2, 0.25) is 5.43 Å². The van der Waals surface area contributed by atoms with Crippen molar-refractivity contribution in [2.75, 3.05) is 11.4 Å². The van der Waals surface area contributed by atoms with E-state index in [-0.39, 0.29) is 5.43 Å². The first-order valence-electron chi connectivity index (χ1n) is 8.91. The minimum absolute atomic E-state index is 0.0567. The molecule has 0 saturated carbocycles. The molecular weight excluding hydrogens is 324 g/mol. The zero-order chi connectivity index (χ0) is 17.9. The minimum atomic E-state index is -0.0567. The minimum Gasteiger partial charge on any atom is -0.483 e. The number of ether oxygens (including phenoxy) is 1. The van der Waals surface area contributed by atoms with E-state index in [9.17, 15) is 4.79 Å². The number of benzene rings is 2. The van der Waals surface area contributed by atoms with Gasteiger partial charge in [0.05, 0.1) is 12.7 Å². The molecule has 2 heterocycles. The molecule has 4 nitrogen and oxygen atoms in total. The molecule has 3 aromatic rings. The van der Waals surface area contributed by atoms with Gasteiger partial charge < -0.3 is 14.2 Å². The molecule has 0 atom stereocenters. The lowest BCUT2D eigenvalue weighted by Crippen LogP contribution is -2.35. The highest BCUT2D eigenvalue weighted by molar-refractivity contribution is 5.53. The molecule has 0 fully saturated rings. The van der Waals surface area contributed by atoms with E-state index in [0.717, 1.165) is 30.9 Å². The van der Waals surface area contributed by atoms with Crippen molar-refractivity contribution in [1.82, 2.24) is 4.57 Å². The van der Waals surface area contributed by atoms with Crippen LogP contribution in [0.5, 0.6) is 5.75 Å². The van der Waals surface area contributed by atoms with Crippen molar-refractivity contribution in [3.8, 4) is 5.75 Å². The van der Waals surface area contributed by atoms with Gasteiger partial charge in [-0.15, -0.1) is 0 Å². The zero-order valence-electron chi connectivity index (χ0n) is 14.9. The first-order chi connectivity index (χ1) is 12.7. The molecule has 4 rings (SSSR count). The van der Waals surface area contributed by atoms with Crippen molar-refractivity contribution < 1.29 is 4.74 Å². The number of anilines is 1. The lowest BCUT2D eigenvalue weighted by Gasteiger charge is -2.33. The molecule has 0 N–H and O–H groups in total. The molecule has 0 radical (unpaired) electrons. The van der Waals surface area contributed by atoms with Crippen LogP contribution in [0, 0.1) is 6.92 Å². The summed E-state index contributed by atoms with van der Waals surface area (Å²) in [5.41, 5.74) is 4.51. The van der Waals surface area contributed by atoms with Crippen molar-refractivity contribution in [3.05, 3.63) is 93.9 Å². The van der Waals surface area contributed by atoms with Gasteiger partial charge in [-0.1, -0.05) is 48.5 Å². The fourth-order valence-corrected chi connectivity index (χ4v) is 3.41. The van der Waals surface area contributed by atoms with Crippen molar-refractivity contribution in [1.29, 1.82) is 0 Å². The summed E-state index contributed by atoms with van der Waals surface area (Å²) in [5, 5.41) is 0. The quantitative estimate of drug-likeness (QED) is 0.721. The fraction of sp³-hybridized carbons (Fsp3) is 0.227. The van der Waals surface area contributed by atoms with Gasteiger partial charge in [0.25, 0.3) is 0 Å². The summed E-state index contributed by atoms with van der Waals surface area (Å²) in [4.78, 5) is 14.8. The van der Waals surface area contributed by atoms with Crippen molar-refractivity contribution in [3.63, 3.8) is 0 Å². The second-order valence-electron chi connectivity index (χ2n) is 6.67. The van der Waals surface area contributed by atoms with Crippen LogP contribution in [0.25, 0.3) is 0 Å². The predicted octanol–water partition coefficient (Wildman–Crippen LogP) is 3.76. The zero-order valence-corrected chi connectivity index (χ0v) is 14.9. The number of pyridine rings is 1. The molecule has 132 valence electrons. The number of aromatic nitrogens is 1. The summed E-state index contributed by atoms with van der Waals surface area (Å²) in [5.74, 6) is 0.418. The van der Waals surface area contributed by atoms with E-state index >= 15 is 0 Å². The molecule has 0 amide bonds. The number of fused-ring (bicyclic) bond motifs is 1. The lowest BCUT2D eigenvalue weighted by atomic mass is 10.1. The fourth-order valence-electron chi connectivity index (χ4n) is 3.41. The van der Waals surface area contributed by atoms with Crippen LogP contribution in [-0.4, -0.2) is 11.1 Å². The van der Waals surface area contributed by atoms with Crippen molar-refractivity contribution >= 4 is 5.69 Å². The van der Waals surface area contributed by atoms with Crippen molar-refractivity contribution in [2.24, 2.45) is 0 Å². The van der Waals surface area contributed by atoms with Crippen LogP contribution >= 0.6 is 0 Å². The Hall–Kier alpha value is -3.01. The number of rotatable bonds is 4. The van der Waals surface area contributed by atoms with E-state index in [1.807, 2.05) is 36.5 Å². The Morgan fingerprint density at radius 3 is 2.58 bits per heavy atom. The van der Waals surface area contributed by atoms with Gasteiger partial charge >= 0.3 is 0 Å². The highest BCUT2D eigenvalue weighted by Gasteiger charge is 2.18. The van der Waals surface area contributed by atoms with Crippen LogP contribution in [-0.2, 0) is 19.7 Å². The summed E-state index contributed by atoms with van der Waals surface area (Å²) in [6.45, 7) is 5.02. The second kappa shape index (κ2) is 7.08. The third-order valence-corrected chi connectivity index (χ3v) is 4.84. The Bertz CT molecular complexity index is 963. The van der Waals surface area contributed by atoms with E-state index in [4.69, 9.17) is 4.74 Å². The van der Waals surface area contributed by atoms with E-state index < -0.39 is 0 Å². The summed E-state index contributed by atoms with van der Waals surface area (Å²) in [6.07, 6.45) is 1.86. The van der Waals surface area contributed by atoms with Gasteiger partial charge in [0.1, 0.15) is 6.61 Å². The highest BCUT2D eigenvalue weighted by Crippen LogP contribution is 2.24. The molecule has 0 unspecified atom stereocenters. The van der Waals surface area contributed by atoms with Crippen molar-refractivity contribution in [2.45, 2.75) is 26.6 Å². The largest absolute Gasteiger partial charge is 0.483 e. The van der Waals surface area contributed by atoms with Crippen LogP contribution in [0.1, 0.15) is 16.8 Å².